The molecule has 1 aromatic heterocycles. The minimum absolute atomic E-state index is 0.210. The lowest BCUT2D eigenvalue weighted by Crippen LogP contribution is -2.14. The van der Waals surface area contributed by atoms with Crippen LogP contribution < -0.4 is 5.32 Å². The van der Waals surface area contributed by atoms with E-state index in [-0.39, 0.29) is 6.42 Å². The molecule has 0 spiro atoms. The SMILES string of the molecule is CCn1c(NC(=O)CC#N)nnc1SCc1ccccc1Cl. The average molecular weight is 336 g/mol. The van der Waals surface area contributed by atoms with Crippen LogP contribution in [0.4, 0.5) is 5.95 Å². The molecular formula is C14H14ClN5OS. The molecule has 2 aromatic rings. The lowest BCUT2D eigenvalue weighted by molar-refractivity contribution is -0.115. The van der Waals surface area contributed by atoms with Gasteiger partial charge in [0.25, 0.3) is 0 Å². The molecule has 0 aliphatic rings. The van der Waals surface area contributed by atoms with Crippen molar-refractivity contribution in [2.45, 2.75) is 30.8 Å². The van der Waals surface area contributed by atoms with Crippen molar-refractivity contribution >= 4 is 35.2 Å². The topological polar surface area (TPSA) is 83.6 Å². The number of carbonyl (C=O) groups is 1. The standard InChI is InChI=1S/C14H14ClN5OS/c1-2-20-13(17-12(21)7-8-16)18-19-14(20)22-9-10-5-3-4-6-11(10)15/h3-6H,2,7,9H2,1H3,(H,17,18,21). The summed E-state index contributed by atoms with van der Waals surface area (Å²) in [6.45, 7) is 2.54. The molecule has 0 bridgehead atoms. The van der Waals surface area contributed by atoms with E-state index in [2.05, 4.69) is 15.5 Å². The summed E-state index contributed by atoms with van der Waals surface area (Å²) in [6.07, 6.45) is -0.210. The van der Waals surface area contributed by atoms with Crippen molar-refractivity contribution in [3.05, 3.63) is 34.9 Å². The van der Waals surface area contributed by atoms with E-state index in [9.17, 15) is 4.79 Å². The van der Waals surface area contributed by atoms with Crippen LogP contribution >= 0.6 is 23.4 Å². The summed E-state index contributed by atoms with van der Waals surface area (Å²) in [5, 5.41) is 20.5. The third kappa shape index (κ3) is 4.00. The third-order valence-electron chi connectivity index (χ3n) is 2.84. The van der Waals surface area contributed by atoms with E-state index in [0.29, 0.717) is 28.4 Å². The first-order valence-corrected chi connectivity index (χ1v) is 7.98. The Hall–Kier alpha value is -2.04. The minimum atomic E-state index is -0.396. The molecule has 1 amide bonds. The number of rotatable bonds is 6. The van der Waals surface area contributed by atoms with Gasteiger partial charge >= 0.3 is 0 Å². The fourth-order valence-electron chi connectivity index (χ4n) is 1.77. The molecule has 0 saturated carbocycles. The van der Waals surface area contributed by atoms with E-state index in [4.69, 9.17) is 16.9 Å². The number of amides is 1. The molecule has 1 aromatic carbocycles. The van der Waals surface area contributed by atoms with E-state index in [1.165, 1.54) is 11.8 Å². The van der Waals surface area contributed by atoms with Crippen molar-refractivity contribution < 1.29 is 4.79 Å². The zero-order valence-electron chi connectivity index (χ0n) is 11.9. The summed E-state index contributed by atoms with van der Waals surface area (Å²) in [6, 6.07) is 9.41. The van der Waals surface area contributed by atoms with Gasteiger partial charge in [0.15, 0.2) is 5.16 Å². The summed E-state index contributed by atoms with van der Waals surface area (Å²) >= 11 is 7.62. The monoisotopic (exact) mass is 335 g/mol. The number of anilines is 1. The first-order chi connectivity index (χ1) is 10.7. The van der Waals surface area contributed by atoms with Gasteiger partial charge in [0, 0.05) is 17.3 Å². The summed E-state index contributed by atoms with van der Waals surface area (Å²) in [4.78, 5) is 11.5. The van der Waals surface area contributed by atoms with Crippen LogP contribution in [0.2, 0.25) is 5.02 Å². The van der Waals surface area contributed by atoms with Gasteiger partial charge in [-0.15, -0.1) is 10.2 Å². The summed E-state index contributed by atoms with van der Waals surface area (Å²) in [7, 11) is 0. The molecule has 2 rings (SSSR count). The van der Waals surface area contributed by atoms with Crippen molar-refractivity contribution in [1.29, 1.82) is 5.26 Å². The molecule has 0 radical (unpaired) electrons. The fraction of sp³-hybridized carbons (Fsp3) is 0.286. The van der Waals surface area contributed by atoms with Gasteiger partial charge in [-0.2, -0.15) is 5.26 Å². The predicted octanol–water partition coefficient (Wildman–Crippen LogP) is 3.10. The highest BCUT2D eigenvalue weighted by molar-refractivity contribution is 7.98. The Balaban J connectivity index is 2.09. The van der Waals surface area contributed by atoms with Gasteiger partial charge < -0.3 is 0 Å². The van der Waals surface area contributed by atoms with E-state index >= 15 is 0 Å². The van der Waals surface area contributed by atoms with Crippen molar-refractivity contribution in [3.63, 3.8) is 0 Å². The zero-order chi connectivity index (χ0) is 15.9. The number of aromatic nitrogens is 3. The largest absolute Gasteiger partial charge is 0.294 e. The summed E-state index contributed by atoms with van der Waals surface area (Å²) in [5.41, 5.74) is 1.01. The molecule has 0 fully saturated rings. The maximum atomic E-state index is 11.5. The highest BCUT2D eigenvalue weighted by atomic mass is 35.5. The Bertz CT molecular complexity index is 709. The number of nitriles is 1. The van der Waals surface area contributed by atoms with Crippen molar-refractivity contribution in [1.82, 2.24) is 14.8 Å². The molecule has 22 heavy (non-hydrogen) atoms. The van der Waals surface area contributed by atoms with Crippen LogP contribution in [0.1, 0.15) is 18.9 Å². The molecule has 114 valence electrons. The van der Waals surface area contributed by atoms with Gasteiger partial charge in [0.2, 0.25) is 11.9 Å². The number of hydrogen-bond acceptors (Lipinski definition) is 5. The van der Waals surface area contributed by atoms with Crippen LogP contribution in [-0.4, -0.2) is 20.7 Å². The highest BCUT2D eigenvalue weighted by Crippen LogP contribution is 2.26. The second-order valence-corrected chi connectivity index (χ2v) is 5.66. The van der Waals surface area contributed by atoms with Crippen molar-refractivity contribution in [2.24, 2.45) is 0 Å². The van der Waals surface area contributed by atoms with Gasteiger partial charge in [-0.05, 0) is 18.6 Å². The Morgan fingerprint density at radius 1 is 1.45 bits per heavy atom. The maximum Gasteiger partial charge on any atom is 0.240 e. The van der Waals surface area contributed by atoms with Crippen molar-refractivity contribution in [3.8, 4) is 6.07 Å². The lowest BCUT2D eigenvalue weighted by Gasteiger charge is -2.08. The number of halogens is 1. The smallest absolute Gasteiger partial charge is 0.240 e. The quantitative estimate of drug-likeness (QED) is 0.820. The van der Waals surface area contributed by atoms with Crippen LogP contribution in [-0.2, 0) is 17.1 Å². The molecule has 0 aliphatic carbocycles. The number of nitrogens with zero attached hydrogens (tertiary/aromatic N) is 4. The van der Waals surface area contributed by atoms with E-state index in [1.807, 2.05) is 31.2 Å². The Morgan fingerprint density at radius 3 is 2.91 bits per heavy atom. The average Bonchev–Trinajstić information content (AvgIpc) is 2.88. The number of benzene rings is 1. The highest BCUT2D eigenvalue weighted by Gasteiger charge is 2.14. The van der Waals surface area contributed by atoms with Crippen LogP contribution in [0, 0.1) is 11.3 Å². The molecular weight excluding hydrogens is 322 g/mol. The zero-order valence-corrected chi connectivity index (χ0v) is 13.5. The van der Waals surface area contributed by atoms with Crippen LogP contribution in [0.3, 0.4) is 0 Å². The third-order valence-corrected chi connectivity index (χ3v) is 4.22. The van der Waals surface area contributed by atoms with Gasteiger partial charge in [0.1, 0.15) is 6.42 Å². The molecule has 6 nitrogen and oxygen atoms in total. The molecule has 1 N–H and O–H groups in total. The van der Waals surface area contributed by atoms with Crippen molar-refractivity contribution in [2.75, 3.05) is 5.32 Å². The normalized spacial score (nSPS) is 10.2. The van der Waals surface area contributed by atoms with Gasteiger partial charge in [-0.3, -0.25) is 14.7 Å². The number of nitrogens with one attached hydrogen (secondary N) is 1. The summed E-state index contributed by atoms with van der Waals surface area (Å²) in [5.74, 6) is 0.612. The minimum Gasteiger partial charge on any atom is -0.294 e. The van der Waals surface area contributed by atoms with E-state index < -0.39 is 5.91 Å². The maximum absolute atomic E-state index is 11.5. The lowest BCUT2D eigenvalue weighted by atomic mass is 10.2. The van der Waals surface area contributed by atoms with Crippen LogP contribution in [0.5, 0.6) is 0 Å². The summed E-state index contributed by atoms with van der Waals surface area (Å²) < 4.78 is 1.79. The molecule has 0 unspecified atom stereocenters. The van der Waals surface area contributed by atoms with Gasteiger partial charge in [-0.1, -0.05) is 41.6 Å². The molecule has 0 atom stereocenters. The molecule has 0 aliphatic heterocycles. The number of hydrogen-bond donors (Lipinski definition) is 1. The van der Waals surface area contributed by atoms with Crippen LogP contribution in [0.25, 0.3) is 0 Å². The van der Waals surface area contributed by atoms with E-state index in [1.54, 1.807) is 10.6 Å². The van der Waals surface area contributed by atoms with Gasteiger partial charge in [0.05, 0.1) is 6.07 Å². The molecule has 0 saturated heterocycles. The Morgan fingerprint density at radius 2 is 2.23 bits per heavy atom. The number of thioether (sulfide) groups is 1. The van der Waals surface area contributed by atoms with Gasteiger partial charge in [-0.25, -0.2) is 0 Å². The predicted molar refractivity (Wildman–Crippen MR) is 85.6 cm³/mol. The Kier molecular flexibility index (Phi) is 5.81. The first-order valence-electron chi connectivity index (χ1n) is 6.62. The fourth-order valence-corrected chi connectivity index (χ4v) is 3.06. The van der Waals surface area contributed by atoms with Crippen LogP contribution in [0.15, 0.2) is 29.4 Å². The second kappa shape index (κ2) is 7.82. The van der Waals surface area contributed by atoms with E-state index in [0.717, 1.165) is 5.56 Å². The second-order valence-electron chi connectivity index (χ2n) is 4.31. The molecule has 8 heteroatoms. The number of carbonyl (C=O) groups excluding carboxylic acids is 1. The first kappa shape index (κ1) is 16.3. The Labute approximate surface area is 137 Å². The molecule has 1 heterocycles.